The SMILES string of the molecule is CC.CCCC.CCCC(CC)C(C)CC. The van der Waals surface area contributed by atoms with E-state index in [0.29, 0.717) is 0 Å². The largest absolute Gasteiger partial charge is 0.0683 e. The van der Waals surface area contributed by atoms with Crippen LogP contribution in [0.5, 0.6) is 0 Å². The second kappa shape index (κ2) is 20.4. The molecule has 102 valence electrons. The fourth-order valence-electron chi connectivity index (χ4n) is 1.60. The summed E-state index contributed by atoms with van der Waals surface area (Å²) in [5.41, 5.74) is 0. The Hall–Kier alpha value is 0. The predicted molar refractivity (Wildman–Crippen MR) is 80.1 cm³/mol. The van der Waals surface area contributed by atoms with Crippen LogP contribution >= 0.6 is 0 Å². The Morgan fingerprint density at radius 1 is 0.688 bits per heavy atom. The van der Waals surface area contributed by atoms with Crippen LogP contribution in [-0.2, 0) is 0 Å². The van der Waals surface area contributed by atoms with E-state index in [0.717, 1.165) is 11.8 Å². The maximum absolute atomic E-state index is 2.38. The fourth-order valence-corrected chi connectivity index (χ4v) is 1.60. The zero-order valence-corrected chi connectivity index (χ0v) is 13.4. The first-order valence-corrected chi connectivity index (χ1v) is 7.67. The smallest absolute Gasteiger partial charge is 0.0391 e. The molecule has 0 aliphatic carbocycles. The van der Waals surface area contributed by atoms with Gasteiger partial charge < -0.3 is 0 Å². The number of rotatable bonds is 6. The van der Waals surface area contributed by atoms with E-state index >= 15 is 0 Å². The van der Waals surface area contributed by atoms with Gasteiger partial charge in [-0.05, 0) is 11.8 Å². The van der Waals surface area contributed by atoms with Crippen molar-refractivity contribution in [1.29, 1.82) is 0 Å². The van der Waals surface area contributed by atoms with Crippen LogP contribution in [0.4, 0.5) is 0 Å². The van der Waals surface area contributed by atoms with Gasteiger partial charge in [0.2, 0.25) is 0 Å². The molecule has 0 aromatic rings. The van der Waals surface area contributed by atoms with Gasteiger partial charge >= 0.3 is 0 Å². The quantitative estimate of drug-likeness (QED) is 0.477. The fraction of sp³-hybridized carbons (Fsp3) is 1.00. The molecule has 0 amide bonds. The van der Waals surface area contributed by atoms with E-state index in [1.165, 1.54) is 38.5 Å². The Kier molecular flexibility index (Phi) is 27.2. The zero-order chi connectivity index (χ0) is 13.4. The first kappa shape index (κ1) is 21.3. The molecule has 0 spiro atoms. The molecule has 2 atom stereocenters. The van der Waals surface area contributed by atoms with E-state index in [2.05, 4.69) is 41.5 Å². The topological polar surface area (TPSA) is 0 Å². The summed E-state index contributed by atoms with van der Waals surface area (Å²) in [4.78, 5) is 0. The molecular formula is C16H38. The third-order valence-corrected chi connectivity index (χ3v) is 3.13. The van der Waals surface area contributed by atoms with Crippen molar-refractivity contribution >= 4 is 0 Å². The van der Waals surface area contributed by atoms with Gasteiger partial charge in [0.1, 0.15) is 0 Å². The van der Waals surface area contributed by atoms with Gasteiger partial charge in [0, 0.05) is 0 Å². The Morgan fingerprint density at radius 2 is 1.12 bits per heavy atom. The minimum atomic E-state index is 0.935. The van der Waals surface area contributed by atoms with E-state index in [4.69, 9.17) is 0 Å². The van der Waals surface area contributed by atoms with Crippen molar-refractivity contribution in [2.24, 2.45) is 11.8 Å². The van der Waals surface area contributed by atoms with Crippen LogP contribution in [-0.4, -0.2) is 0 Å². The van der Waals surface area contributed by atoms with Gasteiger partial charge in [-0.2, -0.15) is 0 Å². The molecule has 16 heavy (non-hydrogen) atoms. The summed E-state index contributed by atoms with van der Waals surface area (Å²) in [5, 5.41) is 0. The molecular weight excluding hydrogens is 192 g/mol. The molecule has 0 saturated carbocycles. The molecule has 0 aromatic heterocycles. The summed E-state index contributed by atoms with van der Waals surface area (Å²) in [6.45, 7) is 17.6. The highest BCUT2D eigenvalue weighted by Gasteiger charge is 2.11. The van der Waals surface area contributed by atoms with Gasteiger partial charge in [-0.25, -0.2) is 0 Å². The third kappa shape index (κ3) is 16.4. The number of hydrogen-bond acceptors (Lipinski definition) is 0. The molecule has 0 heterocycles. The molecule has 0 rings (SSSR count). The highest BCUT2D eigenvalue weighted by atomic mass is 14.2. The maximum Gasteiger partial charge on any atom is -0.0391 e. The molecule has 0 aromatic carbocycles. The van der Waals surface area contributed by atoms with Crippen molar-refractivity contribution in [3.8, 4) is 0 Å². The Morgan fingerprint density at radius 3 is 1.31 bits per heavy atom. The van der Waals surface area contributed by atoms with Crippen molar-refractivity contribution in [1.82, 2.24) is 0 Å². The van der Waals surface area contributed by atoms with E-state index < -0.39 is 0 Å². The molecule has 0 bridgehead atoms. The summed E-state index contributed by atoms with van der Waals surface area (Å²) >= 11 is 0. The molecule has 0 fully saturated rings. The highest BCUT2D eigenvalue weighted by Crippen LogP contribution is 2.22. The van der Waals surface area contributed by atoms with Gasteiger partial charge in [0.05, 0.1) is 0 Å². The van der Waals surface area contributed by atoms with Crippen LogP contribution < -0.4 is 0 Å². The second-order valence-corrected chi connectivity index (χ2v) is 4.34. The number of unbranched alkanes of at least 4 members (excludes halogenated alkanes) is 1. The summed E-state index contributed by atoms with van der Waals surface area (Å²) in [6, 6.07) is 0. The average molecular weight is 230 g/mol. The van der Waals surface area contributed by atoms with Gasteiger partial charge in [0.25, 0.3) is 0 Å². The molecule has 2 unspecified atom stereocenters. The van der Waals surface area contributed by atoms with Crippen LogP contribution in [0.3, 0.4) is 0 Å². The van der Waals surface area contributed by atoms with Crippen molar-refractivity contribution in [3.63, 3.8) is 0 Å². The average Bonchev–Trinajstić information content (AvgIpc) is 2.37. The maximum atomic E-state index is 2.38. The highest BCUT2D eigenvalue weighted by molar-refractivity contribution is 4.62. The second-order valence-electron chi connectivity index (χ2n) is 4.34. The van der Waals surface area contributed by atoms with Crippen LogP contribution in [0, 0.1) is 11.8 Å². The molecule has 0 nitrogen and oxygen atoms in total. The van der Waals surface area contributed by atoms with Crippen LogP contribution in [0.15, 0.2) is 0 Å². The minimum absolute atomic E-state index is 0.935. The molecule has 0 heteroatoms. The lowest BCUT2D eigenvalue weighted by Crippen LogP contribution is -2.09. The molecule has 0 aliphatic heterocycles. The summed E-state index contributed by atoms with van der Waals surface area (Å²) in [6.07, 6.45) is 8.12. The van der Waals surface area contributed by atoms with E-state index in [9.17, 15) is 0 Å². The standard InChI is InChI=1S/C10H22.C4H10.C2H6/c1-5-8-10(7-3)9(4)6-2;1-3-4-2;1-2/h9-10H,5-8H2,1-4H3;3-4H2,1-2H3;1-2H3. The molecule has 0 aliphatic rings. The van der Waals surface area contributed by atoms with Crippen LogP contribution in [0.25, 0.3) is 0 Å². The van der Waals surface area contributed by atoms with Gasteiger partial charge in [0.15, 0.2) is 0 Å². The van der Waals surface area contributed by atoms with Crippen LogP contribution in [0.1, 0.15) is 93.9 Å². The number of hydrogen-bond donors (Lipinski definition) is 0. The van der Waals surface area contributed by atoms with E-state index in [-0.39, 0.29) is 0 Å². The van der Waals surface area contributed by atoms with Crippen molar-refractivity contribution in [3.05, 3.63) is 0 Å². The minimum Gasteiger partial charge on any atom is -0.0683 e. The summed E-state index contributed by atoms with van der Waals surface area (Å²) in [5.74, 6) is 1.92. The Labute approximate surface area is 106 Å². The Balaban J connectivity index is -0.000000237. The van der Waals surface area contributed by atoms with E-state index in [1.54, 1.807) is 0 Å². The molecule has 0 saturated heterocycles. The lowest BCUT2D eigenvalue weighted by atomic mass is 9.86. The molecule has 0 N–H and O–H groups in total. The first-order chi connectivity index (χ1) is 7.67. The van der Waals surface area contributed by atoms with Crippen molar-refractivity contribution in [2.45, 2.75) is 93.9 Å². The van der Waals surface area contributed by atoms with E-state index in [1.807, 2.05) is 13.8 Å². The third-order valence-electron chi connectivity index (χ3n) is 3.13. The van der Waals surface area contributed by atoms with Gasteiger partial charge in [-0.3, -0.25) is 0 Å². The Bertz CT molecular complexity index is 84.0. The predicted octanol–water partition coefficient (Wildman–Crippen LogP) is 6.69. The van der Waals surface area contributed by atoms with Gasteiger partial charge in [-0.15, -0.1) is 0 Å². The lowest BCUT2D eigenvalue weighted by molar-refractivity contribution is 0.315. The van der Waals surface area contributed by atoms with Crippen molar-refractivity contribution < 1.29 is 0 Å². The zero-order valence-electron chi connectivity index (χ0n) is 13.4. The lowest BCUT2D eigenvalue weighted by Gasteiger charge is -2.20. The first-order valence-electron chi connectivity index (χ1n) is 7.67. The normalized spacial score (nSPS) is 12.8. The molecule has 0 radical (unpaired) electrons. The van der Waals surface area contributed by atoms with Crippen LogP contribution in [0.2, 0.25) is 0 Å². The van der Waals surface area contributed by atoms with Gasteiger partial charge in [-0.1, -0.05) is 93.9 Å². The summed E-state index contributed by atoms with van der Waals surface area (Å²) in [7, 11) is 0. The van der Waals surface area contributed by atoms with Crippen molar-refractivity contribution in [2.75, 3.05) is 0 Å². The summed E-state index contributed by atoms with van der Waals surface area (Å²) < 4.78 is 0. The monoisotopic (exact) mass is 230 g/mol.